The SMILES string of the molecule is Cc1cccc(OCC(=O)N2CCCC2C(=O)N(C)C)c1. The lowest BCUT2D eigenvalue weighted by molar-refractivity contribution is -0.143. The minimum absolute atomic E-state index is 0.0172. The topological polar surface area (TPSA) is 49.9 Å². The van der Waals surface area contributed by atoms with Crippen molar-refractivity contribution < 1.29 is 14.3 Å². The monoisotopic (exact) mass is 290 g/mol. The van der Waals surface area contributed by atoms with Crippen LogP contribution >= 0.6 is 0 Å². The molecular formula is C16H22N2O3. The van der Waals surface area contributed by atoms with Crippen LogP contribution in [0.1, 0.15) is 18.4 Å². The summed E-state index contributed by atoms with van der Waals surface area (Å²) in [7, 11) is 3.43. The molecule has 114 valence electrons. The Morgan fingerprint density at radius 2 is 2.14 bits per heavy atom. The molecular weight excluding hydrogens is 268 g/mol. The first-order chi connectivity index (χ1) is 9.99. The number of carbonyl (C=O) groups excluding carboxylic acids is 2. The number of hydrogen-bond donors (Lipinski definition) is 0. The molecule has 0 spiro atoms. The molecule has 1 heterocycles. The lowest BCUT2D eigenvalue weighted by Gasteiger charge is -2.26. The van der Waals surface area contributed by atoms with Gasteiger partial charge in [0.05, 0.1) is 0 Å². The molecule has 1 fully saturated rings. The molecule has 5 heteroatoms. The number of nitrogens with zero attached hydrogens (tertiary/aromatic N) is 2. The van der Waals surface area contributed by atoms with E-state index in [1.807, 2.05) is 31.2 Å². The molecule has 5 nitrogen and oxygen atoms in total. The van der Waals surface area contributed by atoms with Crippen molar-refractivity contribution >= 4 is 11.8 Å². The summed E-state index contributed by atoms with van der Waals surface area (Å²) in [4.78, 5) is 27.5. The highest BCUT2D eigenvalue weighted by molar-refractivity contribution is 5.88. The Morgan fingerprint density at radius 1 is 1.38 bits per heavy atom. The van der Waals surface area contributed by atoms with Crippen molar-refractivity contribution in [3.63, 3.8) is 0 Å². The van der Waals surface area contributed by atoms with Crippen molar-refractivity contribution in [3.05, 3.63) is 29.8 Å². The number of hydrogen-bond acceptors (Lipinski definition) is 3. The zero-order valence-electron chi connectivity index (χ0n) is 12.8. The Kier molecular flexibility index (Phi) is 4.83. The molecule has 1 aromatic rings. The van der Waals surface area contributed by atoms with Gasteiger partial charge < -0.3 is 14.5 Å². The van der Waals surface area contributed by atoms with E-state index in [2.05, 4.69) is 0 Å². The van der Waals surface area contributed by atoms with E-state index in [1.165, 1.54) is 4.90 Å². The molecule has 2 rings (SSSR count). The lowest BCUT2D eigenvalue weighted by Crippen LogP contribution is -2.46. The maximum absolute atomic E-state index is 12.3. The van der Waals surface area contributed by atoms with Crippen molar-refractivity contribution in [2.45, 2.75) is 25.8 Å². The molecule has 1 aliphatic heterocycles. The summed E-state index contributed by atoms with van der Waals surface area (Å²) < 4.78 is 5.53. The van der Waals surface area contributed by atoms with Gasteiger partial charge in [0.2, 0.25) is 5.91 Å². The van der Waals surface area contributed by atoms with Crippen molar-refractivity contribution in [1.29, 1.82) is 0 Å². The van der Waals surface area contributed by atoms with E-state index in [-0.39, 0.29) is 24.5 Å². The van der Waals surface area contributed by atoms with Gasteiger partial charge in [-0.2, -0.15) is 0 Å². The van der Waals surface area contributed by atoms with Gasteiger partial charge in [-0.3, -0.25) is 9.59 Å². The first kappa shape index (κ1) is 15.4. The minimum atomic E-state index is -0.339. The van der Waals surface area contributed by atoms with E-state index in [9.17, 15) is 9.59 Å². The molecule has 0 saturated carbocycles. The number of likely N-dealkylation sites (tertiary alicyclic amines) is 1. The molecule has 0 radical (unpaired) electrons. The molecule has 1 atom stereocenters. The van der Waals surface area contributed by atoms with Crippen LogP contribution in [0.3, 0.4) is 0 Å². The molecule has 0 aromatic heterocycles. The van der Waals surface area contributed by atoms with E-state index in [1.54, 1.807) is 19.0 Å². The standard InChI is InChI=1S/C16H22N2O3/c1-12-6-4-7-13(10-12)21-11-15(19)18-9-5-8-14(18)16(20)17(2)3/h4,6-7,10,14H,5,8-9,11H2,1-3H3. The number of rotatable bonds is 4. The summed E-state index contributed by atoms with van der Waals surface area (Å²) in [5.74, 6) is 0.531. The quantitative estimate of drug-likeness (QED) is 0.843. The molecule has 0 N–H and O–H groups in total. The first-order valence-electron chi connectivity index (χ1n) is 7.19. The Morgan fingerprint density at radius 3 is 2.81 bits per heavy atom. The van der Waals surface area contributed by atoms with Crippen LogP contribution < -0.4 is 4.74 Å². The van der Waals surface area contributed by atoms with Crippen molar-refractivity contribution in [2.75, 3.05) is 27.2 Å². The number of ether oxygens (including phenoxy) is 1. The molecule has 1 aromatic carbocycles. The maximum Gasteiger partial charge on any atom is 0.261 e. The molecule has 1 saturated heterocycles. The fourth-order valence-electron chi connectivity index (χ4n) is 2.55. The van der Waals surface area contributed by atoms with Gasteiger partial charge in [0.25, 0.3) is 5.91 Å². The van der Waals surface area contributed by atoms with Gasteiger partial charge in [-0.05, 0) is 37.5 Å². The number of aryl methyl sites for hydroxylation is 1. The fourth-order valence-corrected chi connectivity index (χ4v) is 2.55. The van der Waals surface area contributed by atoms with Crippen LogP contribution in [0, 0.1) is 6.92 Å². The molecule has 1 unspecified atom stereocenters. The van der Waals surface area contributed by atoms with E-state index in [0.717, 1.165) is 18.4 Å². The average molecular weight is 290 g/mol. The average Bonchev–Trinajstić information content (AvgIpc) is 2.93. The third-order valence-electron chi connectivity index (χ3n) is 3.65. The van der Waals surface area contributed by atoms with Crippen LogP contribution in [0.2, 0.25) is 0 Å². The number of amides is 2. The maximum atomic E-state index is 12.3. The van der Waals surface area contributed by atoms with E-state index < -0.39 is 0 Å². The highest BCUT2D eigenvalue weighted by Crippen LogP contribution is 2.19. The summed E-state index contributed by atoms with van der Waals surface area (Å²) in [6.07, 6.45) is 1.59. The van der Waals surface area contributed by atoms with Gasteiger partial charge in [-0.25, -0.2) is 0 Å². The van der Waals surface area contributed by atoms with Gasteiger partial charge in [0.1, 0.15) is 11.8 Å². The molecule has 0 bridgehead atoms. The molecule has 1 aliphatic rings. The predicted octanol–water partition coefficient (Wildman–Crippen LogP) is 1.45. The van der Waals surface area contributed by atoms with Crippen LogP contribution in [0.4, 0.5) is 0 Å². The molecule has 2 amide bonds. The normalized spacial score (nSPS) is 17.7. The second-order valence-electron chi connectivity index (χ2n) is 5.58. The zero-order chi connectivity index (χ0) is 15.4. The second kappa shape index (κ2) is 6.61. The smallest absolute Gasteiger partial charge is 0.261 e. The number of benzene rings is 1. The number of carbonyl (C=O) groups is 2. The van der Waals surface area contributed by atoms with E-state index >= 15 is 0 Å². The van der Waals surface area contributed by atoms with Crippen LogP contribution in [0.15, 0.2) is 24.3 Å². The van der Waals surface area contributed by atoms with Gasteiger partial charge in [-0.1, -0.05) is 12.1 Å². The fraction of sp³-hybridized carbons (Fsp3) is 0.500. The van der Waals surface area contributed by atoms with Crippen LogP contribution in [0.5, 0.6) is 5.75 Å². The van der Waals surface area contributed by atoms with Gasteiger partial charge in [0, 0.05) is 20.6 Å². The summed E-state index contributed by atoms with van der Waals surface area (Å²) in [6.45, 7) is 2.57. The lowest BCUT2D eigenvalue weighted by atomic mass is 10.2. The van der Waals surface area contributed by atoms with Crippen molar-refractivity contribution in [2.24, 2.45) is 0 Å². The highest BCUT2D eigenvalue weighted by atomic mass is 16.5. The van der Waals surface area contributed by atoms with Crippen molar-refractivity contribution in [3.8, 4) is 5.75 Å². The molecule has 21 heavy (non-hydrogen) atoms. The summed E-state index contributed by atoms with van der Waals surface area (Å²) in [5, 5.41) is 0. The minimum Gasteiger partial charge on any atom is -0.484 e. The van der Waals surface area contributed by atoms with Gasteiger partial charge in [0.15, 0.2) is 6.61 Å². The summed E-state index contributed by atoms with van der Waals surface area (Å²) in [5.41, 5.74) is 1.08. The highest BCUT2D eigenvalue weighted by Gasteiger charge is 2.34. The van der Waals surface area contributed by atoms with E-state index in [0.29, 0.717) is 12.3 Å². The van der Waals surface area contributed by atoms with Crippen LogP contribution in [-0.2, 0) is 9.59 Å². The van der Waals surface area contributed by atoms with Gasteiger partial charge >= 0.3 is 0 Å². The van der Waals surface area contributed by atoms with E-state index in [4.69, 9.17) is 4.74 Å². The summed E-state index contributed by atoms with van der Waals surface area (Å²) >= 11 is 0. The van der Waals surface area contributed by atoms with Gasteiger partial charge in [-0.15, -0.1) is 0 Å². The largest absolute Gasteiger partial charge is 0.484 e. The van der Waals surface area contributed by atoms with Crippen molar-refractivity contribution in [1.82, 2.24) is 9.80 Å². The number of likely N-dealkylation sites (N-methyl/N-ethyl adjacent to an activating group) is 1. The second-order valence-corrected chi connectivity index (χ2v) is 5.58. The first-order valence-corrected chi connectivity index (χ1v) is 7.19. The third-order valence-corrected chi connectivity index (χ3v) is 3.65. The Labute approximate surface area is 125 Å². The van der Waals surface area contributed by atoms with Crippen LogP contribution in [0.25, 0.3) is 0 Å². The Bertz CT molecular complexity index is 528. The Hall–Kier alpha value is -2.04. The third kappa shape index (κ3) is 3.74. The summed E-state index contributed by atoms with van der Waals surface area (Å²) in [6, 6.07) is 7.24. The predicted molar refractivity (Wildman–Crippen MR) is 80.1 cm³/mol. The Balaban J connectivity index is 1.95. The molecule has 0 aliphatic carbocycles. The van der Waals surface area contributed by atoms with Crippen LogP contribution in [-0.4, -0.2) is 54.9 Å². The zero-order valence-corrected chi connectivity index (χ0v) is 12.8.